The lowest BCUT2D eigenvalue weighted by Crippen LogP contribution is -2.24. The first-order valence-corrected chi connectivity index (χ1v) is 6.70. The first-order valence-electron chi connectivity index (χ1n) is 6.70. The van der Waals surface area contributed by atoms with Gasteiger partial charge in [0.25, 0.3) is 0 Å². The molecule has 108 valence electrons. The molecule has 2 N–H and O–H groups in total. The highest BCUT2D eigenvalue weighted by atomic mass is 19.1. The van der Waals surface area contributed by atoms with E-state index in [4.69, 9.17) is 11.0 Å². The summed E-state index contributed by atoms with van der Waals surface area (Å²) < 4.78 is 13.4. The molecule has 5 heteroatoms. The third kappa shape index (κ3) is 4.86. The minimum Gasteiger partial charge on any atom is -0.399 e. The molecule has 0 saturated heterocycles. The van der Waals surface area contributed by atoms with Crippen molar-refractivity contribution in [3.05, 3.63) is 59.7 Å². The van der Waals surface area contributed by atoms with Crippen LogP contribution in [0.15, 0.2) is 42.7 Å². The Morgan fingerprint density at radius 1 is 1.24 bits per heavy atom. The van der Waals surface area contributed by atoms with Crippen molar-refractivity contribution in [2.24, 2.45) is 0 Å². The number of rotatable bonds is 6. The summed E-state index contributed by atoms with van der Waals surface area (Å²) in [5.41, 5.74) is 7.93. The normalized spacial score (nSPS) is 10.5. The van der Waals surface area contributed by atoms with E-state index < -0.39 is 0 Å². The predicted octanol–water partition coefficient (Wildman–Crippen LogP) is 2.72. The molecule has 0 aliphatic carbocycles. The van der Waals surface area contributed by atoms with E-state index >= 15 is 0 Å². The van der Waals surface area contributed by atoms with Crippen LogP contribution < -0.4 is 5.73 Å². The highest BCUT2D eigenvalue weighted by Gasteiger charge is 2.08. The first kappa shape index (κ1) is 14.9. The van der Waals surface area contributed by atoms with Gasteiger partial charge >= 0.3 is 0 Å². The van der Waals surface area contributed by atoms with Crippen molar-refractivity contribution in [3.8, 4) is 6.07 Å². The van der Waals surface area contributed by atoms with Crippen LogP contribution in [0.2, 0.25) is 0 Å². The maximum Gasteiger partial charge on any atom is 0.125 e. The van der Waals surface area contributed by atoms with Crippen LogP contribution >= 0.6 is 0 Å². The van der Waals surface area contributed by atoms with E-state index in [1.54, 1.807) is 18.5 Å². The topological polar surface area (TPSA) is 65.9 Å². The molecule has 0 fully saturated rings. The number of nitriles is 1. The standard InChI is InChI=1S/C16H17FN4/c17-15-7-14(8-16(19)9-15)12-21(6-2-4-18)11-13-3-1-5-20-10-13/h1,3,5,7-10H,2,6,11-12,19H2. The molecule has 0 aliphatic rings. The van der Waals surface area contributed by atoms with E-state index in [1.165, 1.54) is 12.1 Å². The number of hydrogen-bond donors (Lipinski definition) is 1. The van der Waals surface area contributed by atoms with Gasteiger partial charge in [-0.1, -0.05) is 6.07 Å². The Morgan fingerprint density at radius 2 is 2.05 bits per heavy atom. The van der Waals surface area contributed by atoms with Crippen LogP contribution in [0.5, 0.6) is 0 Å². The van der Waals surface area contributed by atoms with Gasteiger partial charge in [-0.3, -0.25) is 9.88 Å². The summed E-state index contributed by atoms with van der Waals surface area (Å²) in [6.45, 7) is 1.81. The molecule has 4 nitrogen and oxygen atoms in total. The molecule has 0 aliphatic heterocycles. The van der Waals surface area contributed by atoms with Crippen molar-refractivity contribution in [1.82, 2.24) is 9.88 Å². The number of halogens is 1. The Balaban J connectivity index is 2.10. The van der Waals surface area contributed by atoms with E-state index in [1.807, 2.05) is 12.1 Å². The van der Waals surface area contributed by atoms with Crippen molar-refractivity contribution in [2.45, 2.75) is 19.5 Å². The molecule has 21 heavy (non-hydrogen) atoms. The molecule has 1 aromatic heterocycles. The minimum absolute atomic E-state index is 0.341. The van der Waals surface area contributed by atoms with Crippen LogP contribution in [-0.4, -0.2) is 16.4 Å². The molecule has 0 unspecified atom stereocenters. The van der Waals surface area contributed by atoms with Crippen molar-refractivity contribution in [1.29, 1.82) is 5.26 Å². The summed E-state index contributed by atoms with van der Waals surface area (Å²) in [5.74, 6) is -0.341. The fourth-order valence-corrected chi connectivity index (χ4v) is 2.20. The number of nitrogen functional groups attached to an aromatic ring is 1. The van der Waals surface area contributed by atoms with Gasteiger partial charge in [0, 0.05) is 44.1 Å². The van der Waals surface area contributed by atoms with Gasteiger partial charge in [-0.25, -0.2) is 4.39 Å². The summed E-state index contributed by atoms with van der Waals surface area (Å²) in [6.07, 6.45) is 3.93. The fourth-order valence-electron chi connectivity index (χ4n) is 2.20. The van der Waals surface area contributed by atoms with Crippen molar-refractivity contribution >= 4 is 5.69 Å². The minimum atomic E-state index is -0.341. The molecule has 1 heterocycles. The van der Waals surface area contributed by atoms with Gasteiger partial charge in [-0.2, -0.15) is 5.26 Å². The second-order valence-corrected chi connectivity index (χ2v) is 4.87. The summed E-state index contributed by atoms with van der Waals surface area (Å²) in [5, 5.41) is 8.77. The highest BCUT2D eigenvalue weighted by Crippen LogP contribution is 2.15. The Morgan fingerprint density at radius 3 is 2.71 bits per heavy atom. The zero-order chi connectivity index (χ0) is 15.1. The third-order valence-electron chi connectivity index (χ3n) is 3.05. The monoisotopic (exact) mass is 284 g/mol. The number of nitrogens with zero attached hydrogens (tertiary/aromatic N) is 3. The quantitative estimate of drug-likeness (QED) is 0.828. The second kappa shape index (κ2) is 7.36. The van der Waals surface area contributed by atoms with Crippen LogP contribution in [-0.2, 0) is 13.1 Å². The number of anilines is 1. The summed E-state index contributed by atoms with van der Waals surface area (Å²) in [6, 6.07) is 10.5. The second-order valence-electron chi connectivity index (χ2n) is 4.87. The van der Waals surface area contributed by atoms with E-state index in [2.05, 4.69) is 16.0 Å². The number of nitrogens with two attached hydrogens (primary N) is 1. The Kier molecular flexibility index (Phi) is 5.24. The van der Waals surface area contributed by atoms with Gasteiger partial charge in [0.1, 0.15) is 5.82 Å². The average molecular weight is 284 g/mol. The van der Waals surface area contributed by atoms with Gasteiger partial charge in [-0.15, -0.1) is 0 Å². The Hall–Kier alpha value is -2.45. The maximum absolute atomic E-state index is 13.4. The molecule has 2 rings (SSSR count). The van der Waals surface area contributed by atoms with Crippen molar-refractivity contribution in [3.63, 3.8) is 0 Å². The fraction of sp³-hybridized carbons (Fsp3) is 0.250. The molecular formula is C16H17FN4. The lowest BCUT2D eigenvalue weighted by atomic mass is 10.1. The Bertz CT molecular complexity index is 602. The zero-order valence-electron chi connectivity index (χ0n) is 11.7. The summed E-state index contributed by atoms with van der Waals surface area (Å²) in [4.78, 5) is 6.16. The molecule has 0 atom stereocenters. The predicted molar refractivity (Wildman–Crippen MR) is 79.4 cm³/mol. The van der Waals surface area contributed by atoms with Gasteiger partial charge in [0.05, 0.1) is 6.07 Å². The average Bonchev–Trinajstić information content (AvgIpc) is 2.45. The third-order valence-corrected chi connectivity index (χ3v) is 3.05. The molecule has 2 aromatic rings. The highest BCUT2D eigenvalue weighted by molar-refractivity contribution is 5.41. The zero-order valence-corrected chi connectivity index (χ0v) is 11.7. The molecule has 0 radical (unpaired) electrons. The van der Waals surface area contributed by atoms with E-state index in [9.17, 15) is 4.39 Å². The van der Waals surface area contributed by atoms with Gasteiger partial charge < -0.3 is 5.73 Å². The molecule has 0 saturated carbocycles. The summed E-state index contributed by atoms with van der Waals surface area (Å²) in [7, 11) is 0. The molecule has 0 spiro atoms. The number of pyridine rings is 1. The van der Waals surface area contributed by atoms with Crippen LogP contribution in [0.1, 0.15) is 17.5 Å². The lowest BCUT2D eigenvalue weighted by molar-refractivity contribution is 0.262. The van der Waals surface area contributed by atoms with Crippen LogP contribution in [0.3, 0.4) is 0 Å². The van der Waals surface area contributed by atoms with Crippen LogP contribution in [0.4, 0.5) is 10.1 Å². The van der Waals surface area contributed by atoms with Crippen LogP contribution in [0, 0.1) is 17.1 Å². The summed E-state index contributed by atoms with van der Waals surface area (Å²) >= 11 is 0. The first-order chi connectivity index (χ1) is 10.2. The molecule has 0 bridgehead atoms. The van der Waals surface area contributed by atoms with Gasteiger partial charge in [-0.05, 0) is 35.4 Å². The lowest BCUT2D eigenvalue weighted by Gasteiger charge is -2.21. The number of benzene rings is 1. The van der Waals surface area contributed by atoms with E-state index in [0.717, 1.165) is 11.1 Å². The largest absolute Gasteiger partial charge is 0.399 e. The molecule has 0 amide bonds. The van der Waals surface area contributed by atoms with Crippen LogP contribution in [0.25, 0.3) is 0 Å². The number of hydrogen-bond acceptors (Lipinski definition) is 4. The van der Waals surface area contributed by atoms with E-state index in [0.29, 0.717) is 31.7 Å². The SMILES string of the molecule is N#CCCN(Cc1cccnc1)Cc1cc(N)cc(F)c1. The van der Waals surface area contributed by atoms with Crippen molar-refractivity contribution in [2.75, 3.05) is 12.3 Å². The molecule has 1 aromatic carbocycles. The molecular weight excluding hydrogens is 267 g/mol. The van der Waals surface area contributed by atoms with E-state index in [-0.39, 0.29) is 5.82 Å². The Labute approximate surface area is 123 Å². The van der Waals surface area contributed by atoms with Crippen molar-refractivity contribution < 1.29 is 4.39 Å². The van der Waals surface area contributed by atoms with Gasteiger partial charge in [0.15, 0.2) is 0 Å². The maximum atomic E-state index is 13.4. The smallest absolute Gasteiger partial charge is 0.125 e. The van der Waals surface area contributed by atoms with Gasteiger partial charge in [0.2, 0.25) is 0 Å². The number of aromatic nitrogens is 1.